The normalized spacial score (nSPS) is 16.3. The lowest BCUT2D eigenvalue weighted by Crippen LogP contribution is -2.55. The van der Waals surface area contributed by atoms with Crippen molar-refractivity contribution < 1.29 is 37.1 Å². The van der Waals surface area contributed by atoms with Gasteiger partial charge in [0.25, 0.3) is 11.8 Å². The molecule has 48 heavy (non-hydrogen) atoms. The van der Waals surface area contributed by atoms with Crippen LogP contribution < -0.4 is 15.5 Å². The third kappa shape index (κ3) is 6.70. The van der Waals surface area contributed by atoms with Gasteiger partial charge in [0.2, 0.25) is 5.91 Å². The Labute approximate surface area is 274 Å². The standard InChI is InChI=1S/C35H32F3N5O5/c1-5-42-32-28(21(3)41-43(32)26-15-7-6-8-16-26)29(22-11-10-14-25(19-22)39-27(44)17-20(2)34(47)48-4)30(33(42)46)40-31(45)23-12-9-13-24(18-23)35(36,37)38/h6-19,29-30H,5H2,1-4H3,(H,39,44)(H,40,45)/b20-17+/t29-,30+/m1/s1. The molecule has 4 aromatic rings. The fraction of sp³-hybridized carbons (Fsp3) is 0.229. The maximum absolute atomic E-state index is 14.3. The minimum Gasteiger partial charge on any atom is -0.466 e. The molecular formula is C35H32F3N5O5. The Bertz CT molecular complexity index is 1920. The van der Waals surface area contributed by atoms with E-state index >= 15 is 0 Å². The molecule has 2 atom stereocenters. The molecule has 13 heteroatoms. The molecule has 10 nitrogen and oxygen atoms in total. The van der Waals surface area contributed by atoms with Gasteiger partial charge in [-0.15, -0.1) is 0 Å². The first kappa shape index (κ1) is 33.6. The molecule has 0 fully saturated rings. The van der Waals surface area contributed by atoms with Gasteiger partial charge >= 0.3 is 12.1 Å². The Morgan fingerprint density at radius 2 is 1.71 bits per heavy atom. The van der Waals surface area contributed by atoms with E-state index in [0.717, 1.165) is 24.3 Å². The van der Waals surface area contributed by atoms with Gasteiger partial charge in [-0.2, -0.15) is 18.3 Å². The molecule has 0 radical (unpaired) electrons. The smallest absolute Gasteiger partial charge is 0.416 e. The predicted octanol–water partition coefficient (Wildman–Crippen LogP) is 5.55. The monoisotopic (exact) mass is 659 g/mol. The Morgan fingerprint density at radius 1 is 1.00 bits per heavy atom. The molecule has 1 aromatic heterocycles. The maximum Gasteiger partial charge on any atom is 0.416 e. The van der Waals surface area contributed by atoms with Crippen LogP contribution in [0.1, 0.15) is 52.5 Å². The van der Waals surface area contributed by atoms with Gasteiger partial charge in [-0.3, -0.25) is 19.3 Å². The fourth-order valence-electron chi connectivity index (χ4n) is 5.76. The highest BCUT2D eigenvalue weighted by atomic mass is 19.4. The van der Waals surface area contributed by atoms with E-state index in [1.807, 2.05) is 30.3 Å². The van der Waals surface area contributed by atoms with E-state index in [4.69, 9.17) is 5.10 Å². The van der Waals surface area contributed by atoms with E-state index in [-0.39, 0.29) is 17.7 Å². The minimum atomic E-state index is -4.67. The SMILES string of the molecule is CCN1C(=O)[C@@H](NC(=O)c2cccc(C(F)(F)F)c2)[C@H](c2cccc(NC(=O)/C=C(\C)C(=O)OC)c2)c2c(C)nn(-c3ccccc3)c21. The number of aryl methyl sites for hydroxylation is 1. The minimum absolute atomic E-state index is 0.0784. The molecule has 0 aliphatic carbocycles. The van der Waals surface area contributed by atoms with Crippen LogP contribution in [-0.2, 0) is 25.3 Å². The van der Waals surface area contributed by atoms with Gasteiger partial charge in [-0.1, -0.05) is 36.4 Å². The highest BCUT2D eigenvalue weighted by molar-refractivity contribution is 6.06. The number of hydrogen-bond donors (Lipinski definition) is 2. The topological polar surface area (TPSA) is 123 Å². The second-order valence-electron chi connectivity index (χ2n) is 11.1. The second-order valence-corrected chi connectivity index (χ2v) is 11.1. The molecule has 3 aromatic carbocycles. The first-order valence-electron chi connectivity index (χ1n) is 15.0. The summed E-state index contributed by atoms with van der Waals surface area (Å²) in [6.45, 7) is 5.17. The number of likely N-dealkylation sites (N-methyl/N-ethyl adjacent to an activating group) is 1. The maximum atomic E-state index is 14.3. The van der Waals surface area contributed by atoms with Crippen LogP contribution in [0.4, 0.5) is 24.7 Å². The summed E-state index contributed by atoms with van der Waals surface area (Å²) < 4.78 is 46.7. The number of halogens is 3. The van der Waals surface area contributed by atoms with E-state index in [0.29, 0.717) is 34.0 Å². The molecule has 0 unspecified atom stereocenters. The number of rotatable bonds is 8. The molecule has 3 amide bonds. The zero-order valence-corrected chi connectivity index (χ0v) is 26.5. The molecule has 248 valence electrons. The second kappa shape index (κ2) is 13.6. The van der Waals surface area contributed by atoms with Gasteiger partial charge in [0.15, 0.2) is 0 Å². The van der Waals surface area contributed by atoms with Crippen molar-refractivity contribution >= 4 is 35.2 Å². The molecule has 2 N–H and O–H groups in total. The zero-order chi connectivity index (χ0) is 34.7. The van der Waals surface area contributed by atoms with Gasteiger partial charge in [0.05, 0.1) is 24.1 Å². The van der Waals surface area contributed by atoms with E-state index in [2.05, 4.69) is 15.4 Å². The first-order valence-corrected chi connectivity index (χ1v) is 15.0. The van der Waals surface area contributed by atoms with Crippen LogP contribution in [0.2, 0.25) is 0 Å². The summed E-state index contributed by atoms with van der Waals surface area (Å²) in [6, 6.07) is 18.5. The number of nitrogens with zero attached hydrogens (tertiary/aromatic N) is 3. The van der Waals surface area contributed by atoms with E-state index < -0.39 is 47.4 Å². The van der Waals surface area contributed by atoms with Crippen LogP contribution in [0.15, 0.2) is 90.5 Å². The fourth-order valence-corrected chi connectivity index (χ4v) is 5.76. The Morgan fingerprint density at radius 3 is 2.38 bits per heavy atom. The predicted molar refractivity (Wildman–Crippen MR) is 172 cm³/mol. The van der Waals surface area contributed by atoms with Gasteiger partial charge < -0.3 is 15.4 Å². The lowest BCUT2D eigenvalue weighted by atomic mass is 9.81. The lowest BCUT2D eigenvalue weighted by molar-refractivity contribution is -0.138. The van der Waals surface area contributed by atoms with Crippen LogP contribution in [-0.4, -0.2) is 53.2 Å². The number of benzene rings is 3. The van der Waals surface area contributed by atoms with Gasteiger partial charge in [0.1, 0.15) is 11.9 Å². The summed E-state index contributed by atoms with van der Waals surface area (Å²) >= 11 is 0. The molecule has 0 saturated heterocycles. The van der Waals surface area contributed by atoms with E-state index in [1.165, 1.54) is 25.0 Å². The summed E-state index contributed by atoms with van der Waals surface area (Å²) in [7, 11) is 1.20. The summed E-state index contributed by atoms with van der Waals surface area (Å²) in [5.41, 5.74) is 1.50. The molecule has 0 saturated carbocycles. The number of aromatic nitrogens is 2. The Hall–Kier alpha value is -5.72. The number of fused-ring (bicyclic) bond motifs is 1. The van der Waals surface area contributed by atoms with Crippen molar-refractivity contribution in [2.24, 2.45) is 0 Å². The van der Waals surface area contributed by atoms with Crippen LogP contribution >= 0.6 is 0 Å². The van der Waals surface area contributed by atoms with Gasteiger partial charge in [0, 0.05) is 40.9 Å². The molecule has 2 heterocycles. The molecule has 1 aliphatic heterocycles. The van der Waals surface area contributed by atoms with Crippen molar-refractivity contribution in [2.75, 3.05) is 23.9 Å². The largest absolute Gasteiger partial charge is 0.466 e. The van der Waals surface area contributed by atoms with E-state index in [1.54, 1.807) is 42.8 Å². The summed E-state index contributed by atoms with van der Waals surface area (Å²) in [4.78, 5) is 53.9. The van der Waals surface area contributed by atoms with Crippen molar-refractivity contribution in [1.82, 2.24) is 15.1 Å². The number of carbonyl (C=O) groups is 4. The number of carbonyl (C=O) groups excluding carboxylic acids is 4. The highest BCUT2D eigenvalue weighted by Gasteiger charge is 2.45. The van der Waals surface area contributed by atoms with Crippen molar-refractivity contribution in [3.63, 3.8) is 0 Å². The third-order valence-electron chi connectivity index (χ3n) is 7.94. The number of amides is 3. The van der Waals surface area contributed by atoms with Gasteiger partial charge in [-0.25, -0.2) is 9.48 Å². The quantitative estimate of drug-likeness (QED) is 0.189. The third-order valence-corrected chi connectivity index (χ3v) is 7.94. The molecular weight excluding hydrogens is 627 g/mol. The van der Waals surface area contributed by atoms with Crippen molar-refractivity contribution in [2.45, 2.75) is 38.9 Å². The first-order chi connectivity index (χ1) is 22.8. The number of methoxy groups -OCH3 is 1. The molecule has 5 rings (SSSR count). The van der Waals surface area contributed by atoms with Crippen molar-refractivity contribution in [3.8, 4) is 5.69 Å². The molecule has 0 spiro atoms. The van der Waals surface area contributed by atoms with E-state index in [9.17, 15) is 32.3 Å². The van der Waals surface area contributed by atoms with Crippen LogP contribution in [0.5, 0.6) is 0 Å². The number of anilines is 2. The van der Waals surface area contributed by atoms with Crippen molar-refractivity contribution in [3.05, 3.63) is 118 Å². The highest BCUT2D eigenvalue weighted by Crippen LogP contribution is 2.44. The number of esters is 1. The van der Waals surface area contributed by atoms with Crippen LogP contribution in [0.3, 0.4) is 0 Å². The molecule has 1 aliphatic rings. The van der Waals surface area contributed by atoms with Gasteiger partial charge in [-0.05, 0) is 68.8 Å². The van der Waals surface area contributed by atoms with Crippen LogP contribution in [0.25, 0.3) is 5.69 Å². The summed E-state index contributed by atoms with van der Waals surface area (Å²) in [5, 5.41) is 10.2. The van der Waals surface area contributed by atoms with Crippen molar-refractivity contribution in [1.29, 1.82) is 0 Å². The van der Waals surface area contributed by atoms with Crippen LogP contribution in [0, 0.1) is 6.92 Å². The zero-order valence-electron chi connectivity index (χ0n) is 26.5. The summed E-state index contributed by atoms with van der Waals surface area (Å²) in [5.74, 6) is -3.03. The number of hydrogen-bond acceptors (Lipinski definition) is 6. The average molecular weight is 660 g/mol. The number of para-hydroxylation sites is 1. The average Bonchev–Trinajstić information content (AvgIpc) is 3.40. The Kier molecular flexibility index (Phi) is 9.50. The lowest BCUT2D eigenvalue weighted by Gasteiger charge is -2.38. The number of ether oxygens (including phenoxy) is 1. The number of nitrogens with one attached hydrogen (secondary N) is 2. The summed E-state index contributed by atoms with van der Waals surface area (Å²) in [6.07, 6.45) is -3.59. The Balaban J connectivity index is 1.63. The number of alkyl halides is 3. The molecule has 0 bridgehead atoms.